The number of amides is 1. The molecular formula is C38H69ClN2O2. The Morgan fingerprint density at radius 3 is 2.40 bits per heavy atom. The average Bonchev–Trinajstić information content (AvgIpc) is 3.32. The number of alkyl carbamates (subject to hydrolysis) is 1. The summed E-state index contributed by atoms with van der Waals surface area (Å²) < 4.78 is 5.96. The van der Waals surface area contributed by atoms with Gasteiger partial charge in [0.1, 0.15) is 6.10 Å². The highest BCUT2D eigenvalue weighted by Crippen LogP contribution is 2.67. The average molecular weight is 621 g/mol. The standard InChI is InChI=1S/C38H68N2O2.ClH/c1-7-29(27(2)3)15-14-28(4)33-18-19-34-32-17-16-30-26-31(20-22-37(30,5)35(32)21-23-38(33,34)6)42-36(41)40-25-13-11-9-8-10-12-24-39;/h16,27-29,31-35H,7-15,17-26,39H2,1-6H3,(H,40,41);1H/t28-,29-,31+,32+,33-,34+,35+,37+,38-;/m1./s1. The van der Waals surface area contributed by atoms with Crippen LogP contribution in [0.5, 0.6) is 0 Å². The fraction of sp³-hybridized carbons (Fsp3) is 0.921. The lowest BCUT2D eigenvalue weighted by Crippen LogP contribution is -2.51. The zero-order valence-corrected chi connectivity index (χ0v) is 29.7. The zero-order valence-electron chi connectivity index (χ0n) is 28.9. The number of rotatable bonds is 15. The Bertz CT molecular complexity index is 891. The minimum Gasteiger partial charge on any atom is -0.446 e. The molecule has 0 aliphatic heterocycles. The second-order valence-corrected chi connectivity index (χ2v) is 16.1. The number of carbonyl (C=O) groups is 1. The van der Waals surface area contributed by atoms with Crippen LogP contribution in [0, 0.1) is 52.3 Å². The highest BCUT2D eigenvalue weighted by Gasteiger charge is 2.59. The van der Waals surface area contributed by atoms with Gasteiger partial charge in [-0.15, -0.1) is 12.4 Å². The summed E-state index contributed by atoms with van der Waals surface area (Å²) in [5.74, 6) is 6.03. The number of allylic oxidation sites excluding steroid dienone is 1. The van der Waals surface area contributed by atoms with Crippen LogP contribution in [0.1, 0.15) is 151 Å². The van der Waals surface area contributed by atoms with Gasteiger partial charge in [-0.1, -0.05) is 91.7 Å². The van der Waals surface area contributed by atoms with E-state index < -0.39 is 0 Å². The van der Waals surface area contributed by atoms with E-state index in [0.717, 1.165) is 80.2 Å². The van der Waals surface area contributed by atoms with Crippen LogP contribution in [0.3, 0.4) is 0 Å². The minimum absolute atomic E-state index is 0. The molecule has 3 fully saturated rings. The number of unbranched alkanes of at least 4 members (excludes halogenated alkanes) is 5. The molecule has 0 spiro atoms. The van der Waals surface area contributed by atoms with E-state index in [-0.39, 0.29) is 24.6 Å². The summed E-state index contributed by atoms with van der Waals surface area (Å²) >= 11 is 0. The van der Waals surface area contributed by atoms with Gasteiger partial charge in [0.25, 0.3) is 0 Å². The second-order valence-electron chi connectivity index (χ2n) is 16.1. The van der Waals surface area contributed by atoms with E-state index in [1.54, 1.807) is 5.57 Å². The maximum atomic E-state index is 12.6. The van der Waals surface area contributed by atoms with Crippen LogP contribution in [-0.4, -0.2) is 25.3 Å². The van der Waals surface area contributed by atoms with Crippen molar-refractivity contribution < 1.29 is 9.53 Å². The van der Waals surface area contributed by atoms with Gasteiger partial charge < -0.3 is 15.8 Å². The molecule has 43 heavy (non-hydrogen) atoms. The molecule has 0 unspecified atom stereocenters. The first-order chi connectivity index (χ1) is 20.1. The maximum Gasteiger partial charge on any atom is 0.407 e. The summed E-state index contributed by atoms with van der Waals surface area (Å²) in [5.41, 5.74) is 8.02. The van der Waals surface area contributed by atoms with Gasteiger partial charge in [-0.05, 0) is 123 Å². The quantitative estimate of drug-likeness (QED) is 0.141. The molecule has 0 aromatic rings. The van der Waals surface area contributed by atoms with Crippen molar-refractivity contribution in [3.05, 3.63) is 11.6 Å². The molecule has 4 rings (SSSR count). The van der Waals surface area contributed by atoms with Gasteiger partial charge in [-0.3, -0.25) is 0 Å². The minimum atomic E-state index is -0.209. The third kappa shape index (κ3) is 8.55. The molecule has 4 aliphatic rings. The van der Waals surface area contributed by atoms with E-state index in [4.69, 9.17) is 10.5 Å². The number of ether oxygens (including phenoxy) is 1. The molecule has 0 aromatic carbocycles. The second kappa shape index (κ2) is 16.7. The largest absolute Gasteiger partial charge is 0.446 e. The first-order valence-electron chi connectivity index (χ1n) is 18.5. The van der Waals surface area contributed by atoms with E-state index in [1.807, 2.05) is 0 Å². The van der Waals surface area contributed by atoms with Gasteiger partial charge in [-0.2, -0.15) is 0 Å². The summed E-state index contributed by atoms with van der Waals surface area (Å²) in [4.78, 5) is 12.6. The Morgan fingerprint density at radius 1 is 0.977 bits per heavy atom. The predicted octanol–water partition coefficient (Wildman–Crippen LogP) is 10.5. The first-order valence-corrected chi connectivity index (χ1v) is 18.5. The highest BCUT2D eigenvalue weighted by atomic mass is 35.5. The SMILES string of the molecule is CC[C@H](CC[C@@H](C)[C@H]1CC[C@H]2[C@@H]3CC=C4C[C@@H](OC(=O)NCCCCCCCCN)CC[C@]4(C)[C@H]3CC[C@]12C)C(C)C.Cl. The lowest BCUT2D eigenvalue weighted by molar-refractivity contribution is -0.0583. The monoisotopic (exact) mass is 621 g/mol. The lowest BCUT2D eigenvalue weighted by Gasteiger charge is -2.58. The van der Waals surface area contributed by atoms with Crippen molar-refractivity contribution >= 4 is 18.5 Å². The van der Waals surface area contributed by atoms with Crippen molar-refractivity contribution in [2.24, 2.45) is 58.0 Å². The van der Waals surface area contributed by atoms with Gasteiger partial charge in [0.15, 0.2) is 0 Å². The summed E-state index contributed by atoms with van der Waals surface area (Å²) in [6.07, 6.45) is 23.8. The summed E-state index contributed by atoms with van der Waals surface area (Å²) in [7, 11) is 0. The fourth-order valence-electron chi connectivity index (χ4n) is 10.8. The van der Waals surface area contributed by atoms with Crippen LogP contribution in [0.2, 0.25) is 0 Å². The van der Waals surface area contributed by atoms with Gasteiger partial charge >= 0.3 is 6.09 Å². The van der Waals surface area contributed by atoms with Gasteiger partial charge in [0, 0.05) is 13.0 Å². The molecule has 4 nitrogen and oxygen atoms in total. The van der Waals surface area contributed by atoms with Crippen molar-refractivity contribution in [1.82, 2.24) is 5.32 Å². The normalized spacial score (nSPS) is 34.7. The molecule has 0 heterocycles. The number of halogens is 1. The molecule has 0 bridgehead atoms. The van der Waals surface area contributed by atoms with Crippen LogP contribution in [-0.2, 0) is 4.74 Å². The Hall–Kier alpha value is -0.740. The Morgan fingerprint density at radius 2 is 1.70 bits per heavy atom. The zero-order chi connectivity index (χ0) is 30.3. The Kier molecular flexibility index (Phi) is 14.3. The van der Waals surface area contributed by atoms with Crippen molar-refractivity contribution in [2.45, 2.75) is 157 Å². The molecule has 0 radical (unpaired) electrons. The number of fused-ring (bicyclic) bond motifs is 5. The molecule has 0 saturated heterocycles. The Balaban J connectivity index is 0.00000506. The van der Waals surface area contributed by atoms with E-state index in [2.05, 4.69) is 52.9 Å². The third-order valence-corrected chi connectivity index (χ3v) is 13.5. The molecular weight excluding hydrogens is 552 g/mol. The lowest BCUT2D eigenvalue weighted by atomic mass is 9.47. The summed E-state index contributed by atoms with van der Waals surface area (Å²) in [6.45, 7) is 16.6. The molecule has 9 atom stereocenters. The molecule has 1 amide bonds. The van der Waals surface area contributed by atoms with Crippen molar-refractivity contribution in [1.29, 1.82) is 0 Å². The van der Waals surface area contributed by atoms with Crippen LogP contribution in [0.4, 0.5) is 4.79 Å². The van der Waals surface area contributed by atoms with Crippen LogP contribution in [0.25, 0.3) is 0 Å². The van der Waals surface area contributed by atoms with Crippen molar-refractivity contribution in [3.63, 3.8) is 0 Å². The van der Waals surface area contributed by atoms with Crippen LogP contribution >= 0.6 is 12.4 Å². The molecule has 250 valence electrons. The number of carbonyl (C=O) groups excluding carboxylic acids is 1. The summed E-state index contributed by atoms with van der Waals surface area (Å²) in [6, 6.07) is 0. The fourth-order valence-corrected chi connectivity index (χ4v) is 10.8. The van der Waals surface area contributed by atoms with Crippen LogP contribution in [0.15, 0.2) is 11.6 Å². The smallest absolute Gasteiger partial charge is 0.407 e. The highest BCUT2D eigenvalue weighted by molar-refractivity contribution is 5.85. The van der Waals surface area contributed by atoms with Gasteiger partial charge in [-0.25, -0.2) is 4.79 Å². The van der Waals surface area contributed by atoms with E-state index >= 15 is 0 Å². The van der Waals surface area contributed by atoms with Crippen molar-refractivity contribution in [3.8, 4) is 0 Å². The van der Waals surface area contributed by atoms with E-state index in [9.17, 15) is 4.79 Å². The summed E-state index contributed by atoms with van der Waals surface area (Å²) in [5, 5.41) is 3.02. The number of hydrogen-bond donors (Lipinski definition) is 2. The van der Waals surface area contributed by atoms with Gasteiger partial charge in [0.05, 0.1) is 0 Å². The van der Waals surface area contributed by atoms with E-state index in [1.165, 1.54) is 83.5 Å². The topological polar surface area (TPSA) is 64.3 Å². The third-order valence-electron chi connectivity index (χ3n) is 13.5. The van der Waals surface area contributed by atoms with Crippen LogP contribution < -0.4 is 11.1 Å². The maximum absolute atomic E-state index is 12.6. The molecule has 3 N–H and O–H groups in total. The van der Waals surface area contributed by atoms with Crippen molar-refractivity contribution in [2.75, 3.05) is 13.1 Å². The molecule has 4 aliphatic carbocycles. The molecule has 3 saturated carbocycles. The Labute approximate surface area is 272 Å². The van der Waals surface area contributed by atoms with E-state index in [0.29, 0.717) is 10.8 Å². The number of nitrogens with two attached hydrogens (primary N) is 1. The first kappa shape index (κ1) is 36.7. The molecule has 5 heteroatoms. The molecule has 0 aromatic heterocycles. The van der Waals surface area contributed by atoms with Gasteiger partial charge in [0.2, 0.25) is 0 Å². The number of hydrogen-bond acceptors (Lipinski definition) is 3. The predicted molar refractivity (Wildman–Crippen MR) is 184 cm³/mol. The number of nitrogens with one attached hydrogen (secondary N) is 1.